The smallest absolute Gasteiger partial charge is 0.240 e. The molecule has 5 nitrogen and oxygen atoms in total. The first-order valence-corrected chi connectivity index (χ1v) is 9.55. The van der Waals surface area contributed by atoms with Crippen molar-refractivity contribution in [1.82, 2.24) is 14.9 Å². The van der Waals surface area contributed by atoms with Gasteiger partial charge in [-0.2, -0.15) is 0 Å². The van der Waals surface area contributed by atoms with E-state index in [1.807, 2.05) is 42.7 Å². The Kier molecular flexibility index (Phi) is 6.24. The number of carbonyl (C=O) groups excluding carboxylic acids is 1. The van der Waals surface area contributed by atoms with Crippen molar-refractivity contribution < 1.29 is 9.53 Å². The molecule has 0 radical (unpaired) electrons. The summed E-state index contributed by atoms with van der Waals surface area (Å²) in [5.41, 5.74) is 1.70. The van der Waals surface area contributed by atoms with Crippen LogP contribution in [-0.2, 0) is 17.9 Å². The number of nitrogens with one attached hydrogen (secondary N) is 1. The third-order valence-corrected chi connectivity index (χ3v) is 4.84. The first-order valence-electron chi connectivity index (χ1n) is 8.79. The number of amides is 1. The topological polar surface area (TPSA) is 56.2 Å². The number of carbonyl (C=O) groups is 1. The lowest BCUT2D eigenvalue weighted by atomic mass is 10.2. The van der Waals surface area contributed by atoms with Gasteiger partial charge in [-0.25, -0.2) is 4.98 Å². The van der Waals surface area contributed by atoms with Crippen LogP contribution in [0.25, 0.3) is 11.0 Å². The molecule has 0 fully saturated rings. The quantitative estimate of drug-likeness (QED) is 0.611. The highest BCUT2D eigenvalue weighted by Gasteiger charge is 2.15. The van der Waals surface area contributed by atoms with Crippen LogP contribution in [0, 0.1) is 0 Å². The average Bonchev–Trinajstić information content (AvgIpc) is 2.98. The number of fused-ring (bicyclic) bond motifs is 1. The SMILES string of the molecule is CC[C@@H](C)NC(=O)Cn1c(COc2ccc(Cl)cc2Cl)nc2ccccc21. The van der Waals surface area contributed by atoms with Gasteiger partial charge >= 0.3 is 0 Å². The Bertz CT molecular complexity index is 956. The van der Waals surface area contributed by atoms with Crippen LogP contribution in [-0.4, -0.2) is 21.5 Å². The molecule has 1 amide bonds. The van der Waals surface area contributed by atoms with Gasteiger partial charge in [-0.3, -0.25) is 4.79 Å². The Hall–Kier alpha value is -2.24. The molecule has 3 rings (SSSR count). The van der Waals surface area contributed by atoms with Crippen LogP contribution in [0.15, 0.2) is 42.5 Å². The average molecular weight is 406 g/mol. The summed E-state index contributed by atoms with van der Waals surface area (Å²) in [5.74, 6) is 1.11. The van der Waals surface area contributed by atoms with Gasteiger partial charge < -0.3 is 14.6 Å². The number of para-hydroxylation sites is 2. The van der Waals surface area contributed by atoms with Gasteiger partial charge in [-0.05, 0) is 43.7 Å². The molecule has 1 aromatic heterocycles. The van der Waals surface area contributed by atoms with Crippen LogP contribution < -0.4 is 10.1 Å². The van der Waals surface area contributed by atoms with E-state index in [-0.39, 0.29) is 25.1 Å². The van der Waals surface area contributed by atoms with Gasteiger partial charge in [0.05, 0.1) is 16.1 Å². The Balaban J connectivity index is 1.84. The molecular formula is C20H21Cl2N3O2. The summed E-state index contributed by atoms with van der Waals surface area (Å²) in [6.45, 7) is 4.38. The number of ether oxygens (including phenoxy) is 1. The summed E-state index contributed by atoms with van der Waals surface area (Å²) in [4.78, 5) is 17.0. The second-order valence-corrected chi connectivity index (χ2v) is 7.19. The lowest BCUT2D eigenvalue weighted by molar-refractivity contribution is -0.122. The van der Waals surface area contributed by atoms with Crippen LogP contribution >= 0.6 is 23.2 Å². The maximum Gasteiger partial charge on any atom is 0.240 e. The van der Waals surface area contributed by atoms with Crippen molar-refractivity contribution in [2.45, 2.75) is 39.5 Å². The van der Waals surface area contributed by atoms with Crippen LogP contribution in [0.5, 0.6) is 5.75 Å². The van der Waals surface area contributed by atoms with E-state index in [1.54, 1.807) is 18.2 Å². The van der Waals surface area contributed by atoms with Crippen molar-refractivity contribution in [2.24, 2.45) is 0 Å². The maximum absolute atomic E-state index is 12.4. The molecule has 142 valence electrons. The molecule has 0 aliphatic heterocycles. The van der Waals surface area contributed by atoms with E-state index in [0.29, 0.717) is 21.6 Å². The predicted octanol–water partition coefficient (Wildman–Crippen LogP) is 4.84. The fourth-order valence-corrected chi connectivity index (χ4v) is 3.18. The molecule has 0 unspecified atom stereocenters. The Morgan fingerprint density at radius 3 is 2.78 bits per heavy atom. The largest absolute Gasteiger partial charge is 0.484 e. The van der Waals surface area contributed by atoms with E-state index in [2.05, 4.69) is 10.3 Å². The third-order valence-electron chi connectivity index (χ3n) is 4.31. The van der Waals surface area contributed by atoms with Gasteiger partial charge in [-0.15, -0.1) is 0 Å². The van der Waals surface area contributed by atoms with Gasteiger partial charge in [0.15, 0.2) is 0 Å². The molecule has 0 aliphatic rings. The molecule has 3 aromatic rings. The number of benzene rings is 2. The third kappa shape index (κ3) is 4.73. The Morgan fingerprint density at radius 2 is 2.04 bits per heavy atom. The number of nitrogens with zero attached hydrogens (tertiary/aromatic N) is 2. The monoisotopic (exact) mass is 405 g/mol. The standard InChI is InChI=1S/C20H21Cl2N3O2/c1-3-13(2)23-20(26)11-25-17-7-5-4-6-16(17)24-19(25)12-27-18-9-8-14(21)10-15(18)22/h4-10,13H,3,11-12H2,1-2H3,(H,23,26)/t13-/m1/s1. The van der Waals surface area contributed by atoms with Gasteiger partial charge in [0, 0.05) is 11.1 Å². The van der Waals surface area contributed by atoms with Crippen molar-refractivity contribution in [2.75, 3.05) is 0 Å². The van der Waals surface area contributed by atoms with Gasteiger partial charge in [0.1, 0.15) is 24.7 Å². The normalized spacial score (nSPS) is 12.1. The molecule has 7 heteroatoms. The van der Waals surface area contributed by atoms with Crippen molar-refractivity contribution in [3.05, 3.63) is 58.3 Å². The molecule has 1 N–H and O–H groups in total. The fourth-order valence-electron chi connectivity index (χ4n) is 2.71. The van der Waals surface area contributed by atoms with Gasteiger partial charge in [-0.1, -0.05) is 42.3 Å². The van der Waals surface area contributed by atoms with Gasteiger partial charge in [0.2, 0.25) is 5.91 Å². The molecule has 0 aliphatic carbocycles. The minimum atomic E-state index is -0.0571. The van der Waals surface area contributed by atoms with Crippen molar-refractivity contribution in [3.63, 3.8) is 0 Å². The highest BCUT2D eigenvalue weighted by molar-refractivity contribution is 6.35. The summed E-state index contributed by atoms with van der Waals surface area (Å²) in [7, 11) is 0. The number of halogens is 2. The summed E-state index contributed by atoms with van der Waals surface area (Å²) in [6, 6.07) is 12.9. The second-order valence-electron chi connectivity index (χ2n) is 6.34. The molecule has 0 saturated heterocycles. The number of imidazole rings is 1. The molecule has 0 saturated carbocycles. The molecule has 1 heterocycles. The Morgan fingerprint density at radius 1 is 1.26 bits per heavy atom. The van der Waals surface area contributed by atoms with E-state index in [4.69, 9.17) is 27.9 Å². The maximum atomic E-state index is 12.4. The van der Waals surface area contributed by atoms with Crippen LogP contribution in [0.2, 0.25) is 10.0 Å². The van der Waals surface area contributed by atoms with E-state index in [9.17, 15) is 4.79 Å². The number of hydrogen-bond donors (Lipinski definition) is 1. The molecule has 0 bridgehead atoms. The van der Waals surface area contributed by atoms with Crippen LogP contribution in [0.1, 0.15) is 26.1 Å². The van der Waals surface area contributed by atoms with E-state index in [0.717, 1.165) is 17.5 Å². The molecular weight excluding hydrogens is 385 g/mol. The first kappa shape index (κ1) is 19.5. The fraction of sp³-hybridized carbons (Fsp3) is 0.300. The number of hydrogen-bond acceptors (Lipinski definition) is 3. The zero-order valence-corrected chi connectivity index (χ0v) is 16.7. The number of aromatic nitrogens is 2. The van der Waals surface area contributed by atoms with Crippen LogP contribution in [0.4, 0.5) is 0 Å². The minimum Gasteiger partial charge on any atom is -0.484 e. The van der Waals surface area contributed by atoms with Gasteiger partial charge in [0.25, 0.3) is 0 Å². The molecule has 2 aromatic carbocycles. The van der Waals surface area contributed by atoms with E-state index >= 15 is 0 Å². The summed E-state index contributed by atoms with van der Waals surface area (Å²) < 4.78 is 7.70. The molecule has 0 spiro atoms. The summed E-state index contributed by atoms with van der Waals surface area (Å²) in [6.07, 6.45) is 0.876. The van der Waals surface area contributed by atoms with Crippen molar-refractivity contribution in [1.29, 1.82) is 0 Å². The summed E-state index contributed by atoms with van der Waals surface area (Å²) in [5, 5.41) is 3.96. The zero-order valence-electron chi connectivity index (χ0n) is 15.2. The molecule has 27 heavy (non-hydrogen) atoms. The van der Waals surface area contributed by atoms with Crippen molar-refractivity contribution in [3.8, 4) is 5.75 Å². The lowest BCUT2D eigenvalue weighted by Crippen LogP contribution is -2.35. The first-order chi connectivity index (χ1) is 13.0. The predicted molar refractivity (Wildman–Crippen MR) is 108 cm³/mol. The van der Waals surface area contributed by atoms with Crippen LogP contribution in [0.3, 0.4) is 0 Å². The highest BCUT2D eigenvalue weighted by atomic mass is 35.5. The second kappa shape index (κ2) is 8.63. The zero-order chi connectivity index (χ0) is 19.4. The minimum absolute atomic E-state index is 0.0571. The van der Waals surface area contributed by atoms with E-state index < -0.39 is 0 Å². The lowest BCUT2D eigenvalue weighted by Gasteiger charge is -2.14. The van der Waals surface area contributed by atoms with E-state index in [1.165, 1.54) is 0 Å². The van der Waals surface area contributed by atoms with Crippen molar-refractivity contribution >= 4 is 40.1 Å². The highest BCUT2D eigenvalue weighted by Crippen LogP contribution is 2.28. The number of rotatable bonds is 7. The Labute approximate surface area is 168 Å². The molecule has 1 atom stereocenters. The summed E-state index contributed by atoms with van der Waals surface area (Å²) >= 11 is 12.1.